The second-order valence-electron chi connectivity index (χ2n) is 4.73. The Bertz CT molecular complexity index is 531. The van der Waals surface area contributed by atoms with Crippen LogP contribution in [0.4, 0.5) is 0 Å². The molecule has 112 valence electrons. The number of hydrogen-bond acceptors (Lipinski definition) is 4. The van der Waals surface area contributed by atoms with Crippen LogP contribution in [0.1, 0.15) is 26.0 Å². The van der Waals surface area contributed by atoms with Crippen LogP contribution >= 0.6 is 0 Å². The van der Waals surface area contributed by atoms with E-state index in [4.69, 9.17) is 0 Å². The highest BCUT2D eigenvalue weighted by Gasteiger charge is 2.21. The zero-order valence-corrected chi connectivity index (χ0v) is 12.9. The van der Waals surface area contributed by atoms with Gasteiger partial charge in [0.15, 0.2) is 0 Å². The van der Waals surface area contributed by atoms with E-state index < -0.39 is 10.0 Å². The van der Waals surface area contributed by atoms with E-state index in [1.165, 1.54) is 0 Å². The summed E-state index contributed by atoms with van der Waals surface area (Å²) in [6.07, 6.45) is 3.48. The summed E-state index contributed by atoms with van der Waals surface area (Å²) >= 11 is 0. The fourth-order valence-electron chi connectivity index (χ4n) is 1.55. The number of aromatic nitrogens is 1. The van der Waals surface area contributed by atoms with E-state index in [2.05, 4.69) is 10.3 Å². The Morgan fingerprint density at radius 1 is 1.45 bits per heavy atom. The molecule has 1 atom stereocenters. The maximum atomic E-state index is 11.8. The molecule has 1 N–H and O–H groups in total. The Morgan fingerprint density at radius 3 is 2.65 bits per heavy atom. The molecule has 0 saturated carbocycles. The molecule has 0 aliphatic carbocycles. The first-order valence-electron chi connectivity index (χ1n) is 6.47. The van der Waals surface area contributed by atoms with E-state index in [1.54, 1.807) is 24.4 Å². The maximum Gasteiger partial charge on any atom is 0.235 e. The predicted octanol–water partition coefficient (Wildman–Crippen LogP) is 0.758. The van der Waals surface area contributed by atoms with Gasteiger partial charge in [-0.3, -0.25) is 9.78 Å². The van der Waals surface area contributed by atoms with Gasteiger partial charge in [0, 0.05) is 12.2 Å². The van der Waals surface area contributed by atoms with Crippen LogP contribution in [0.25, 0.3) is 0 Å². The molecule has 0 fully saturated rings. The van der Waals surface area contributed by atoms with Crippen LogP contribution < -0.4 is 5.32 Å². The molecule has 1 amide bonds. The Hall–Kier alpha value is -1.47. The highest BCUT2D eigenvalue weighted by molar-refractivity contribution is 7.88. The van der Waals surface area contributed by atoms with Gasteiger partial charge in [-0.05, 0) is 25.5 Å². The van der Waals surface area contributed by atoms with Crippen LogP contribution in [0.15, 0.2) is 24.4 Å². The van der Waals surface area contributed by atoms with Gasteiger partial charge in [0.05, 0.1) is 25.0 Å². The molecule has 1 aromatic rings. The molecule has 7 heteroatoms. The average Bonchev–Trinajstić information content (AvgIpc) is 2.38. The van der Waals surface area contributed by atoms with Crippen LogP contribution in [0.3, 0.4) is 0 Å². The summed E-state index contributed by atoms with van der Waals surface area (Å²) in [5, 5.41) is 2.75. The Balaban J connectivity index is 2.74. The lowest BCUT2D eigenvalue weighted by Gasteiger charge is -2.20. The topological polar surface area (TPSA) is 79.4 Å². The van der Waals surface area contributed by atoms with Crippen molar-refractivity contribution in [2.24, 2.45) is 0 Å². The molecule has 20 heavy (non-hydrogen) atoms. The maximum absolute atomic E-state index is 11.8. The Labute approximate surface area is 120 Å². The van der Waals surface area contributed by atoms with Crippen molar-refractivity contribution in [1.82, 2.24) is 14.6 Å². The quantitative estimate of drug-likeness (QED) is 0.806. The molecule has 0 aliphatic rings. The van der Waals surface area contributed by atoms with Gasteiger partial charge >= 0.3 is 0 Å². The third-order valence-electron chi connectivity index (χ3n) is 2.87. The van der Waals surface area contributed by atoms with Gasteiger partial charge < -0.3 is 5.32 Å². The number of nitrogens with one attached hydrogen (secondary N) is 1. The monoisotopic (exact) mass is 299 g/mol. The summed E-state index contributed by atoms with van der Waals surface area (Å²) in [5.41, 5.74) is 0.606. The zero-order valence-electron chi connectivity index (χ0n) is 12.0. The molecule has 0 bridgehead atoms. The lowest BCUT2D eigenvalue weighted by atomic mass is 10.2. The van der Waals surface area contributed by atoms with Gasteiger partial charge in [-0.1, -0.05) is 13.0 Å². The van der Waals surface area contributed by atoms with E-state index in [-0.39, 0.29) is 25.0 Å². The van der Waals surface area contributed by atoms with Crippen molar-refractivity contribution in [3.63, 3.8) is 0 Å². The van der Waals surface area contributed by atoms with Gasteiger partial charge in [-0.25, -0.2) is 8.42 Å². The molecule has 0 aliphatic heterocycles. The Kier molecular flexibility index (Phi) is 6.09. The standard InChI is InChI=1S/C13H21N3O3S/c1-4-11(2)15-13(17)10-16(20(3,18)19)9-12-7-5-6-8-14-12/h5-8,11H,4,9-10H2,1-3H3,(H,15,17). The summed E-state index contributed by atoms with van der Waals surface area (Å²) in [5.74, 6) is -0.305. The predicted molar refractivity (Wildman–Crippen MR) is 77.4 cm³/mol. The summed E-state index contributed by atoms with van der Waals surface area (Å²) in [7, 11) is -3.47. The van der Waals surface area contributed by atoms with Crippen molar-refractivity contribution >= 4 is 15.9 Å². The van der Waals surface area contributed by atoms with E-state index in [0.29, 0.717) is 5.69 Å². The third kappa shape index (κ3) is 5.66. The zero-order chi connectivity index (χ0) is 15.2. The number of sulfonamides is 1. The summed E-state index contributed by atoms with van der Waals surface area (Å²) < 4.78 is 24.6. The minimum Gasteiger partial charge on any atom is -0.353 e. The molecular weight excluding hydrogens is 278 g/mol. The van der Waals surface area contributed by atoms with Gasteiger partial charge in [0.1, 0.15) is 0 Å². The number of amides is 1. The van der Waals surface area contributed by atoms with Crippen LogP contribution in [0.2, 0.25) is 0 Å². The number of hydrogen-bond donors (Lipinski definition) is 1. The first-order valence-corrected chi connectivity index (χ1v) is 8.32. The highest BCUT2D eigenvalue weighted by atomic mass is 32.2. The van der Waals surface area contributed by atoms with Crippen molar-refractivity contribution in [3.8, 4) is 0 Å². The largest absolute Gasteiger partial charge is 0.353 e. The molecule has 1 aromatic heterocycles. The first kappa shape index (κ1) is 16.6. The van der Waals surface area contributed by atoms with Crippen LogP contribution in [-0.2, 0) is 21.4 Å². The molecule has 0 saturated heterocycles. The number of nitrogens with zero attached hydrogens (tertiary/aromatic N) is 2. The molecule has 0 aromatic carbocycles. The Morgan fingerprint density at radius 2 is 2.15 bits per heavy atom. The van der Waals surface area contributed by atoms with Crippen molar-refractivity contribution in [2.75, 3.05) is 12.8 Å². The van der Waals surface area contributed by atoms with Gasteiger partial charge in [0.2, 0.25) is 15.9 Å². The minimum atomic E-state index is -3.47. The summed E-state index contributed by atoms with van der Waals surface area (Å²) in [6, 6.07) is 5.29. The SMILES string of the molecule is CCC(C)NC(=O)CN(Cc1ccccn1)S(C)(=O)=O. The van der Waals surface area contributed by atoms with Crippen LogP contribution in [-0.4, -0.2) is 42.5 Å². The lowest BCUT2D eigenvalue weighted by Crippen LogP contribution is -2.42. The van der Waals surface area contributed by atoms with E-state index in [0.717, 1.165) is 17.0 Å². The second-order valence-corrected chi connectivity index (χ2v) is 6.71. The molecule has 1 heterocycles. The molecule has 0 spiro atoms. The highest BCUT2D eigenvalue weighted by Crippen LogP contribution is 2.05. The molecular formula is C13H21N3O3S. The smallest absolute Gasteiger partial charge is 0.235 e. The normalized spacial score (nSPS) is 13.2. The fraction of sp³-hybridized carbons (Fsp3) is 0.538. The number of pyridine rings is 1. The minimum absolute atomic E-state index is 0.0266. The van der Waals surface area contributed by atoms with Crippen molar-refractivity contribution in [1.29, 1.82) is 0 Å². The summed E-state index contributed by atoms with van der Waals surface area (Å²) in [6.45, 7) is 3.72. The molecule has 1 unspecified atom stereocenters. The average molecular weight is 299 g/mol. The fourth-order valence-corrected chi connectivity index (χ4v) is 2.26. The van der Waals surface area contributed by atoms with Gasteiger partial charge in [-0.2, -0.15) is 4.31 Å². The van der Waals surface area contributed by atoms with E-state index >= 15 is 0 Å². The lowest BCUT2D eigenvalue weighted by molar-refractivity contribution is -0.122. The van der Waals surface area contributed by atoms with Crippen LogP contribution in [0.5, 0.6) is 0 Å². The number of rotatable bonds is 7. The van der Waals surface area contributed by atoms with Crippen LogP contribution in [0, 0.1) is 0 Å². The number of carbonyl (C=O) groups excluding carboxylic acids is 1. The second kappa shape index (κ2) is 7.35. The number of carbonyl (C=O) groups is 1. The van der Waals surface area contributed by atoms with Crippen molar-refractivity contribution < 1.29 is 13.2 Å². The first-order chi connectivity index (χ1) is 9.32. The van der Waals surface area contributed by atoms with Crippen molar-refractivity contribution in [3.05, 3.63) is 30.1 Å². The molecule has 1 rings (SSSR count). The van der Waals surface area contributed by atoms with Gasteiger partial charge in [-0.15, -0.1) is 0 Å². The van der Waals surface area contributed by atoms with Crippen molar-refractivity contribution in [2.45, 2.75) is 32.9 Å². The third-order valence-corrected chi connectivity index (χ3v) is 4.07. The summed E-state index contributed by atoms with van der Waals surface area (Å²) in [4.78, 5) is 15.9. The van der Waals surface area contributed by atoms with E-state index in [1.807, 2.05) is 13.8 Å². The molecule has 0 radical (unpaired) electrons. The van der Waals surface area contributed by atoms with Gasteiger partial charge in [0.25, 0.3) is 0 Å². The molecule has 6 nitrogen and oxygen atoms in total. The van der Waals surface area contributed by atoms with E-state index in [9.17, 15) is 13.2 Å².